The Kier molecular flexibility index (Phi) is 3.45. The molecule has 1 aliphatic rings. The SMILES string of the molecule is CCCCc1noc(C2(C(=O)OCC)CC2)n1. The fourth-order valence-electron chi connectivity index (χ4n) is 1.78. The van der Waals surface area contributed by atoms with Gasteiger partial charge in [-0.05, 0) is 26.2 Å². The van der Waals surface area contributed by atoms with Gasteiger partial charge in [-0.2, -0.15) is 4.98 Å². The Bertz CT molecular complexity index is 396. The van der Waals surface area contributed by atoms with Crippen molar-refractivity contribution in [2.45, 2.75) is 51.4 Å². The normalized spacial score (nSPS) is 16.8. The topological polar surface area (TPSA) is 65.2 Å². The first-order valence-corrected chi connectivity index (χ1v) is 6.23. The molecule has 1 aromatic rings. The van der Waals surface area contributed by atoms with Crippen molar-refractivity contribution in [3.63, 3.8) is 0 Å². The first-order chi connectivity index (χ1) is 8.23. The molecular weight excluding hydrogens is 220 g/mol. The Morgan fingerprint density at radius 1 is 1.47 bits per heavy atom. The lowest BCUT2D eigenvalue weighted by Crippen LogP contribution is -2.23. The summed E-state index contributed by atoms with van der Waals surface area (Å²) in [6.07, 6.45) is 4.43. The van der Waals surface area contributed by atoms with Gasteiger partial charge in [-0.1, -0.05) is 18.5 Å². The average Bonchev–Trinajstić information content (AvgIpc) is 3.01. The molecule has 0 atom stereocenters. The zero-order valence-corrected chi connectivity index (χ0v) is 10.4. The molecule has 0 unspecified atom stereocenters. The second-order valence-electron chi connectivity index (χ2n) is 4.42. The smallest absolute Gasteiger partial charge is 0.321 e. The third-order valence-electron chi connectivity index (χ3n) is 3.05. The molecule has 1 aliphatic carbocycles. The highest BCUT2D eigenvalue weighted by molar-refractivity contribution is 5.85. The van der Waals surface area contributed by atoms with Crippen molar-refractivity contribution >= 4 is 5.97 Å². The van der Waals surface area contributed by atoms with E-state index < -0.39 is 5.41 Å². The van der Waals surface area contributed by atoms with Crippen LogP contribution in [0.3, 0.4) is 0 Å². The highest BCUT2D eigenvalue weighted by atomic mass is 16.5. The number of carbonyl (C=O) groups is 1. The molecule has 5 heteroatoms. The molecule has 2 rings (SSSR count). The molecule has 0 bridgehead atoms. The van der Waals surface area contributed by atoms with E-state index >= 15 is 0 Å². The van der Waals surface area contributed by atoms with E-state index in [1.807, 2.05) is 0 Å². The van der Waals surface area contributed by atoms with Crippen LogP contribution in [0.1, 0.15) is 51.2 Å². The van der Waals surface area contributed by atoms with Crippen LogP contribution in [-0.2, 0) is 21.4 Å². The number of esters is 1. The summed E-state index contributed by atoms with van der Waals surface area (Å²) >= 11 is 0. The Hall–Kier alpha value is -1.39. The van der Waals surface area contributed by atoms with Crippen LogP contribution in [0.25, 0.3) is 0 Å². The third-order valence-corrected chi connectivity index (χ3v) is 3.05. The maximum atomic E-state index is 11.8. The van der Waals surface area contributed by atoms with Crippen LogP contribution in [-0.4, -0.2) is 22.7 Å². The van der Waals surface area contributed by atoms with Gasteiger partial charge in [-0.3, -0.25) is 4.79 Å². The van der Waals surface area contributed by atoms with E-state index in [0.717, 1.165) is 32.1 Å². The molecule has 1 fully saturated rings. The zero-order chi connectivity index (χ0) is 12.3. The Morgan fingerprint density at radius 3 is 2.82 bits per heavy atom. The molecule has 0 radical (unpaired) electrons. The minimum atomic E-state index is -0.631. The number of aryl methyl sites for hydroxylation is 1. The zero-order valence-electron chi connectivity index (χ0n) is 10.4. The molecular formula is C12H18N2O3. The molecule has 0 saturated heterocycles. The number of unbranched alkanes of at least 4 members (excludes halogenated alkanes) is 1. The quantitative estimate of drug-likeness (QED) is 0.709. The lowest BCUT2D eigenvalue weighted by atomic mass is 10.1. The van der Waals surface area contributed by atoms with Crippen LogP contribution in [0.15, 0.2) is 4.52 Å². The lowest BCUT2D eigenvalue weighted by Gasteiger charge is -2.07. The van der Waals surface area contributed by atoms with E-state index in [0.29, 0.717) is 18.3 Å². The van der Waals surface area contributed by atoms with E-state index in [1.165, 1.54) is 0 Å². The van der Waals surface area contributed by atoms with Crippen LogP contribution in [0, 0.1) is 0 Å². The standard InChI is InChI=1S/C12H18N2O3/c1-3-5-6-9-13-10(17-14-9)12(7-8-12)11(15)16-4-2/h3-8H2,1-2H3. The van der Waals surface area contributed by atoms with Crippen molar-refractivity contribution in [3.8, 4) is 0 Å². The van der Waals surface area contributed by atoms with Gasteiger partial charge in [0.2, 0.25) is 5.89 Å². The molecule has 0 amide bonds. The molecule has 0 aliphatic heterocycles. The summed E-state index contributed by atoms with van der Waals surface area (Å²) < 4.78 is 10.2. The van der Waals surface area contributed by atoms with Crippen molar-refractivity contribution in [2.24, 2.45) is 0 Å². The number of hydrogen-bond acceptors (Lipinski definition) is 5. The van der Waals surface area contributed by atoms with Crippen LogP contribution in [0.5, 0.6) is 0 Å². The van der Waals surface area contributed by atoms with Crippen LogP contribution in [0.4, 0.5) is 0 Å². The summed E-state index contributed by atoms with van der Waals surface area (Å²) in [5.74, 6) is 0.894. The second kappa shape index (κ2) is 4.85. The first-order valence-electron chi connectivity index (χ1n) is 6.23. The minimum absolute atomic E-state index is 0.231. The van der Waals surface area contributed by atoms with Crippen molar-refractivity contribution < 1.29 is 14.1 Å². The van der Waals surface area contributed by atoms with Crippen molar-refractivity contribution in [2.75, 3.05) is 6.61 Å². The first kappa shape index (κ1) is 12.1. The molecule has 0 spiro atoms. The van der Waals surface area contributed by atoms with Gasteiger partial charge in [0.25, 0.3) is 0 Å². The summed E-state index contributed by atoms with van der Waals surface area (Å²) in [5, 5.41) is 3.91. The van der Waals surface area contributed by atoms with Crippen molar-refractivity contribution in [1.82, 2.24) is 10.1 Å². The number of aromatic nitrogens is 2. The number of nitrogens with zero attached hydrogens (tertiary/aromatic N) is 2. The number of carbonyl (C=O) groups excluding carboxylic acids is 1. The monoisotopic (exact) mass is 238 g/mol. The van der Waals surface area contributed by atoms with Gasteiger partial charge in [0.15, 0.2) is 5.82 Å². The van der Waals surface area contributed by atoms with Gasteiger partial charge >= 0.3 is 5.97 Å². The van der Waals surface area contributed by atoms with E-state index in [1.54, 1.807) is 6.92 Å². The van der Waals surface area contributed by atoms with E-state index in [2.05, 4.69) is 17.1 Å². The molecule has 1 heterocycles. The summed E-state index contributed by atoms with van der Waals surface area (Å²) in [6, 6.07) is 0. The molecule has 94 valence electrons. The van der Waals surface area contributed by atoms with Crippen LogP contribution < -0.4 is 0 Å². The third kappa shape index (κ3) is 2.33. The molecule has 0 N–H and O–H groups in total. The maximum absolute atomic E-state index is 11.8. The second-order valence-corrected chi connectivity index (χ2v) is 4.42. The average molecular weight is 238 g/mol. The summed E-state index contributed by atoms with van der Waals surface area (Å²) in [5.41, 5.74) is -0.631. The molecule has 17 heavy (non-hydrogen) atoms. The van der Waals surface area contributed by atoms with Crippen molar-refractivity contribution in [1.29, 1.82) is 0 Å². The minimum Gasteiger partial charge on any atom is -0.465 e. The molecule has 1 aromatic heterocycles. The number of hydrogen-bond donors (Lipinski definition) is 0. The van der Waals surface area contributed by atoms with Gasteiger partial charge in [-0.15, -0.1) is 0 Å². The maximum Gasteiger partial charge on any atom is 0.321 e. The van der Waals surface area contributed by atoms with Gasteiger partial charge < -0.3 is 9.26 Å². The van der Waals surface area contributed by atoms with Crippen molar-refractivity contribution in [3.05, 3.63) is 11.7 Å². The van der Waals surface area contributed by atoms with E-state index in [9.17, 15) is 4.79 Å². The summed E-state index contributed by atoms with van der Waals surface area (Å²) in [4.78, 5) is 16.1. The molecule has 0 aromatic carbocycles. The van der Waals surface area contributed by atoms with Gasteiger partial charge in [-0.25, -0.2) is 0 Å². The fourth-order valence-corrected chi connectivity index (χ4v) is 1.78. The number of ether oxygens (including phenoxy) is 1. The number of rotatable bonds is 6. The van der Waals surface area contributed by atoms with Gasteiger partial charge in [0, 0.05) is 6.42 Å². The summed E-state index contributed by atoms with van der Waals surface area (Å²) in [6.45, 7) is 4.30. The van der Waals surface area contributed by atoms with Crippen LogP contribution in [0.2, 0.25) is 0 Å². The Morgan fingerprint density at radius 2 is 2.24 bits per heavy atom. The lowest BCUT2D eigenvalue weighted by molar-refractivity contribution is -0.146. The Balaban J connectivity index is 2.06. The summed E-state index contributed by atoms with van der Waals surface area (Å²) in [7, 11) is 0. The van der Waals surface area contributed by atoms with E-state index in [-0.39, 0.29) is 5.97 Å². The molecule has 1 saturated carbocycles. The predicted octanol–water partition coefficient (Wildman–Crippen LogP) is 2.01. The highest BCUT2D eigenvalue weighted by Crippen LogP contribution is 2.48. The predicted molar refractivity (Wildman–Crippen MR) is 60.5 cm³/mol. The Labute approximate surface area is 101 Å². The largest absolute Gasteiger partial charge is 0.465 e. The van der Waals surface area contributed by atoms with Gasteiger partial charge in [0.1, 0.15) is 5.41 Å². The highest BCUT2D eigenvalue weighted by Gasteiger charge is 2.57. The molecule has 5 nitrogen and oxygen atoms in total. The van der Waals surface area contributed by atoms with E-state index in [4.69, 9.17) is 9.26 Å². The van der Waals surface area contributed by atoms with Crippen LogP contribution >= 0.6 is 0 Å². The van der Waals surface area contributed by atoms with Gasteiger partial charge in [0.05, 0.1) is 6.61 Å². The fraction of sp³-hybridized carbons (Fsp3) is 0.750.